The minimum Gasteiger partial charge on any atom is -0.489 e. The molecule has 2 heterocycles. The number of quaternary nitrogens is 1. The first-order valence-electron chi connectivity index (χ1n) is 8.92. The molecule has 2 aromatic carbocycles. The molecule has 0 aromatic heterocycles. The molecule has 0 bridgehead atoms. The number of benzene rings is 2. The number of fused-ring (bicyclic) bond motifs is 2. The van der Waals surface area contributed by atoms with Crippen LogP contribution in [0, 0.1) is 23.2 Å². The molecular formula is C21H21N2O+. The Morgan fingerprint density at radius 1 is 1.04 bits per heavy atom. The lowest BCUT2D eigenvalue weighted by atomic mass is 9.66. The summed E-state index contributed by atoms with van der Waals surface area (Å²) >= 11 is 0. The molecule has 24 heavy (non-hydrogen) atoms. The zero-order valence-corrected chi connectivity index (χ0v) is 13.6. The standard InChI is InChI=1S/C21H20N2O/c22-13-21(14-7-2-1-3-8-14)16-10-6-12-18-19(16)20(23-21)15-9-4-5-11-17(15)24-18/h1-5,7-9,11,16,18-20,23H,6,10,12H2/p+1/t16-,18-,19-,20+,21+/m1/s1. The third-order valence-electron chi connectivity index (χ3n) is 6.33. The summed E-state index contributed by atoms with van der Waals surface area (Å²) in [5.74, 6) is 1.79. The van der Waals surface area contributed by atoms with Gasteiger partial charge in [0.05, 0.1) is 11.5 Å². The topological polar surface area (TPSA) is 49.6 Å². The molecule has 1 aliphatic carbocycles. The van der Waals surface area contributed by atoms with E-state index in [9.17, 15) is 5.26 Å². The van der Waals surface area contributed by atoms with E-state index in [1.165, 1.54) is 5.56 Å². The van der Waals surface area contributed by atoms with Crippen LogP contribution in [0.5, 0.6) is 5.75 Å². The highest BCUT2D eigenvalue weighted by Crippen LogP contribution is 2.53. The lowest BCUT2D eigenvalue weighted by molar-refractivity contribution is -0.744. The molecule has 3 aliphatic rings. The Labute approximate surface area is 142 Å². The summed E-state index contributed by atoms with van der Waals surface area (Å²) < 4.78 is 6.36. The van der Waals surface area contributed by atoms with Crippen LogP contribution in [0.25, 0.3) is 0 Å². The Bertz CT molecular complexity index is 812. The molecule has 3 heteroatoms. The van der Waals surface area contributed by atoms with Gasteiger partial charge in [-0.3, -0.25) is 0 Å². The second-order valence-electron chi connectivity index (χ2n) is 7.35. The van der Waals surface area contributed by atoms with Crippen molar-refractivity contribution in [3.63, 3.8) is 0 Å². The fraction of sp³-hybridized carbons (Fsp3) is 0.381. The second-order valence-corrected chi connectivity index (χ2v) is 7.35. The van der Waals surface area contributed by atoms with E-state index >= 15 is 0 Å². The van der Waals surface area contributed by atoms with Crippen molar-refractivity contribution in [3.8, 4) is 11.8 Å². The van der Waals surface area contributed by atoms with Crippen molar-refractivity contribution in [2.24, 2.45) is 11.8 Å². The van der Waals surface area contributed by atoms with Gasteiger partial charge >= 0.3 is 0 Å². The van der Waals surface area contributed by atoms with Crippen LogP contribution in [0.1, 0.15) is 36.4 Å². The second kappa shape index (κ2) is 5.09. The molecule has 2 aromatic rings. The van der Waals surface area contributed by atoms with Gasteiger partial charge in [-0.25, -0.2) is 0 Å². The quantitative estimate of drug-likeness (QED) is 0.879. The molecule has 0 spiro atoms. The minimum atomic E-state index is -0.490. The summed E-state index contributed by atoms with van der Waals surface area (Å²) in [6, 6.07) is 21.8. The number of rotatable bonds is 1. The molecular weight excluding hydrogens is 296 g/mol. The van der Waals surface area contributed by atoms with E-state index < -0.39 is 5.54 Å². The summed E-state index contributed by atoms with van der Waals surface area (Å²) in [5, 5.41) is 12.6. The fourth-order valence-electron chi connectivity index (χ4n) is 5.38. The summed E-state index contributed by atoms with van der Waals surface area (Å²) in [4.78, 5) is 0. The first kappa shape index (κ1) is 14.1. The number of hydrogen-bond acceptors (Lipinski definition) is 2. The van der Waals surface area contributed by atoms with Gasteiger partial charge in [-0.15, -0.1) is 0 Å². The van der Waals surface area contributed by atoms with E-state index in [4.69, 9.17) is 4.74 Å². The molecule has 2 fully saturated rings. The normalized spacial score (nSPS) is 36.1. The highest BCUT2D eigenvalue weighted by molar-refractivity contribution is 5.41. The van der Waals surface area contributed by atoms with E-state index in [0.29, 0.717) is 17.9 Å². The number of nitriles is 1. The van der Waals surface area contributed by atoms with Gasteiger partial charge in [0.25, 0.3) is 0 Å². The van der Waals surface area contributed by atoms with Gasteiger partial charge < -0.3 is 10.1 Å². The molecule has 3 nitrogen and oxygen atoms in total. The van der Waals surface area contributed by atoms with Crippen molar-refractivity contribution in [2.45, 2.75) is 36.9 Å². The molecule has 5 rings (SSSR count). The Balaban J connectivity index is 1.68. The van der Waals surface area contributed by atoms with Gasteiger partial charge in [-0.2, -0.15) is 5.26 Å². The van der Waals surface area contributed by atoms with Gasteiger partial charge in [0.1, 0.15) is 24.0 Å². The Morgan fingerprint density at radius 2 is 1.83 bits per heavy atom. The Morgan fingerprint density at radius 3 is 2.67 bits per heavy atom. The highest BCUT2D eigenvalue weighted by atomic mass is 16.5. The Hall–Kier alpha value is -2.31. The monoisotopic (exact) mass is 317 g/mol. The van der Waals surface area contributed by atoms with Crippen LogP contribution in [0.15, 0.2) is 54.6 Å². The van der Waals surface area contributed by atoms with Gasteiger partial charge in [-0.1, -0.05) is 42.5 Å². The SMILES string of the molecule is N#C[C@@]1(c2ccccc2)[NH2+][C@H]2c3ccccc3O[C@@H]3CCC[C@@H]1[C@H]32. The molecule has 0 amide bonds. The average molecular weight is 317 g/mol. The predicted octanol–water partition coefficient (Wildman–Crippen LogP) is 2.90. The van der Waals surface area contributed by atoms with Crippen molar-refractivity contribution in [1.82, 2.24) is 0 Å². The number of nitrogens with two attached hydrogens (primary N) is 1. The fourth-order valence-corrected chi connectivity index (χ4v) is 5.38. The van der Waals surface area contributed by atoms with E-state index in [1.807, 2.05) is 12.1 Å². The van der Waals surface area contributed by atoms with Crippen LogP contribution >= 0.6 is 0 Å². The molecule has 2 N–H and O–H groups in total. The third kappa shape index (κ3) is 1.75. The first-order chi connectivity index (χ1) is 11.8. The smallest absolute Gasteiger partial charge is 0.212 e. The van der Waals surface area contributed by atoms with E-state index in [1.54, 1.807) is 0 Å². The summed E-state index contributed by atoms with van der Waals surface area (Å²) in [6.45, 7) is 0. The maximum Gasteiger partial charge on any atom is 0.212 e. The van der Waals surface area contributed by atoms with Gasteiger partial charge in [0.2, 0.25) is 5.54 Å². The van der Waals surface area contributed by atoms with Crippen molar-refractivity contribution >= 4 is 0 Å². The van der Waals surface area contributed by atoms with Crippen LogP contribution in [-0.2, 0) is 5.54 Å². The highest BCUT2D eigenvalue weighted by Gasteiger charge is 2.64. The van der Waals surface area contributed by atoms with Crippen molar-refractivity contribution in [3.05, 3.63) is 65.7 Å². The minimum absolute atomic E-state index is 0.249. The first-order valence-corrected chi connectivity index (χ1v) is 8.92. The van der Waals surface area contributed by atoms with E-state index in [2.05, 4.69) is 53.9 Å². The summed E-state index contributed by atoms with van der Waals surface area (Å²) in [7, 11) is 0. The number of para-hydroxylation sites is 1. The largest absolute Gasteiger partial charge is 0.489 e. The molecule has 1 saturated heterocycles. The van der Waals surface area contributed by atoms with Crippen LogP contribution in [0.3, 0.4) is 0 Å². The van der Waals surface area contributed by atoms with Crippen molar-refractivity contribution in [2.75, 3.05) is 0 Å². The van der Waals surface area contributed by atoms with Crippen LogP contribution in [-0.4, -0.2) is 6.10 Å². The maximum absolute atomic E-state index is 10.3. The molecule has 1 saturated carbocycles. The van der Waals surface area contributed by atoms with Gasteiger partial charge in [0.15, 0.2) is 0 Å². The van der Waals surface area contributed by atoms with Crippen LogP contribution in [0.4, 0.5) is 0 Å². The van der Waals surface area contributed by atoms with E-state index in [0.717, 1.165) is 30.6 Å². The predicted molar refractivity (Wildman–Crippen MR) is 90.1 cm³/mol. The molecule has 0 radical (unpaired) electrons. The summed E-state index contributed by atoms with van der Waals surface area (Å²) in [5.41, 5.74) is 1.92. The van der Waals surface area contributed by atoms with Crippen LogP contribution < -0.4 is 10.1 Å². The summed E-state index contributed by atoms with van der Waals surface area (Å²) in [6.07, 6.45) is 3.61. The van der Waals surface area contributed by atoms with Gasteiger partial charge in [-0.05, 0) is 31.4 Å². The zero-order valence-electron chi connectivity index (χ0n) is 13.6. The van der Waals surface area contributed by atoms with Crippen molar-refractivity contribution in [1.29, 1.82) is 5.26 Å². The maximum atomic E-state index is 10.3. The van der Waals surface area contributed by atoms with Crippen molar-refractivity contribution < 1.29 is 10.1 Å². The molecule has 5 atom stereocenters. The molecule has 2 aliphatic heterocycles. The lowest BCUT2D eigenvalue weighted by Crippen LogP contribution is -2.93. The number of nitrogens with zero attached hydrogens (tertiary/aromatic N) is 1. The number of hydrogen-bond donors (Lipinski definition) is 1. The molecule has 120 valence electrons. The average Bonchev–Trinajstić information content (AvgIpc) is 3.00. The van der Waals surface area contributed by atoms with Gasteiger partial charge in [0, 0.05) is 11.5 Å². The van der Waals surface area contributed by atoms with Crippen LogP contribution in [0.2, 0.25) is 0 Å². The van der Waals surface area contributed by atoms with E-state index in [-0.39, 0.29) is 6.10 Å². The Kier molecular flexibility index (Phi) is 2.98. The zero-order chi connectivity index (χ0) is 16.1. The number of ether oxygens (including phenoxy) is 1. The molecule has 0 unspecified atom stereocenters. The lowest BCUT2D eigenvalue weighted by Gasteiger charge is -2.39. The third-order valence-corrected chi connectivity index (χ3v) is 6.33.